The van der Waals surface area contributed by atoms with Gasteiger partial charge in [-0.2, -0.15) is 0 Å². The molecule has 0 aliphatic heterocycles. The highest BCUT2D eigenvalue weighted by atomic mass is 35.5. The lowest BCUT2D eigenvalue weighted by molar-refractivity contribution is -0.384. The van der Waals surface area contributed by atoms with Crippen LogP contribution in [-0.4, -0.2) is 41.9 Å². The van der Waals surface area contributed by atoms with Crippen molar-refractivity contribution in [2.24, 2.45) is 0 Å². The first-order valence-electron chi connectivity index (χ1n) is 6.94. The minimum atomic E-state index is -0.907. The minimum absolute atomic E-state index is 0.105. The number of benzene rings is 1. The molecule has 0 radical (unpaired) electrons. The molecule has 1 aromatic carbocycles. The highest BCUT2D eigenvalue weighted by Crippen LogP contribution is 2.23. The molecule has 130 valence electrons. The number of nitrogens with zero attached hydrogens (tertiary/aromatic N) is 1. The summed E-state index contributed by atoms with van der Waals surface area (Å²) in [5, 5.41) is 15.3. The zero-order valence-electron chi connectivity index (χ0n) is 13.0. The highest BCUT2D eigenvalue weighted by Gasteiger charge is 2.19. The number of ether oxygens (including phenoxy) is 1. The molecule has 1 atom stereocenters. The van der Waals surface area contributed by atoms with Gasteiger partial charge >= 0.3 is 5.97 Å². The van der Waals surface area contributed by atoms with Gasteiger partial charge in [0.15, 0.2) is 6.61 Å². The number of carbonyl (C=O) groups is 3. The van der Waals surface area contributed by atoms with Gasteiger partial charge in [-0.05, 0) is 19.9 Å². The molecule has 0 aromatic heterocycles. The number of hydrogen-bond donors (Lipinski definition) is 2. The van der Waals surface area contributed by atoms with E-state index in [0.717, 1.165) is 18.2 Å². The third kappa shape index (κ3) is 5.51. The number of rotatable bonds is 7. The van der Waals surface area contributed by atoms with Crippen molar-refractivity contribution in [3.8, 4) is 0 Å². The van der Waals surface area contributed by atoms with Gasteiger partial charge in [-0.25, -0.2) is 4.79 Å². The Hall–Kier alpha value is -2.68. The Balaban J connectivity index is 2.58. The van der Waals surface area contributed by atoms with Crippen molar-refractivity contribution in [2.75, 3.05) is 13.2 Å². The summed E-state index contributed by atoms with van der Waals surface area (Å²) in [6.45, 7) is 3.03. The smallest absolute Gasteiger partial charge is 0.340 e. The van der Waals surface area contributed by atoms with E-state index in [1.807, 2.05) is 0 Å². The Morgan fingerprint density at radius 1 is 1.38 bits per heavy atom. The van der Waals surface area contributed by atoms with Gasteiger partial charge in [0.1, 0.15) is 6.04 Å². The predicted octanol–water partition coefficient (Wildman–Crippen LogP) is 1.05. The Morgan fingerprint density at radius 2 is 2.04 bits per heavy atom. The van der Waals surface area contributed by atoms with Crippen molar-refractivity contribution in [2.45, 2.75) is 19.9 Å². The van der Waals surface area contributed by atoms with E-state index in [-0.39, 0.29) is 22.2 Å². The Bertz CT molecular complexity index is 664. The summed E-state index contributed by atoms with van der Waals surface area (Å²) in [6.07, 6.45) is 0. The second-order valence-electron chi connectivity index (χ2n) is 4.68. The summed E-state index contributed by atoms with van der Waals surface area (Å²) in [5.74, 6) is -1.94. The minimum Gasteiger partial charge on any atom is -0.452 e. The van der Waals surface area contributed by atoms with Gasteiger partial charge in [-0.15, -0.1) is 0 Å². The first-order valence-corrected chi connectivity index (χ1v) is 7.32. The Morgan fingerprint density at radius 3 is 2.58 bits per heavy atom. The summed E-state index contributed by atoms with van der Waals surface area (Å²) in [6, 6.07) is 2.46. The lowest BCUT2D eigenvalue weighted by Gasteiger charge is -2.13. The molecule has 2 amide bonds. The van der Waals surface area contributed by atoms with Gasteiger partial charge in [0, 0.05) is 18.7 Å². The van der Waals surface area contributed by atoms with Crippen LogP contribution < -0.4 is 10.6 Å². The number of nitro benzene ring substituents is 1. The molecule has 0 aliphatic rings. The molecule has 0 bridgehead atoms. The van der Waals surface area contributed by atoms with E-state index < -0.39 is 29.4 Å². The molecule has 0 aliphatic carbocycles. The number of nitro groups is 1. The van der Waals surface area contributed by atoms with Crippen molar-refractivity contribution < 1.29 is 24.0 Å². The maximum absolute atomic E-state index is 11.8. The topological polar surface area (TPSA) is 128 Å². The molecule has 10 heteroatoms. The molecule has 0 saturated heterocycles. The van der Waals surface area contributed by atoms with E-state index in [9.17, 15) is 24.5 Å². The average Bonchev–Trinajstić information content (AvgIpc) is 2.52. The lowest BCUT2D eigenvalue weighted by Crippen LogP contribution is -2.46. The first kappa shape index (κ1) is 19.4. The summed E-state index contributed by atoms with van der Waals surface area (Å²) < 4.78 is 4.77. The van der Waals surface area contributed by atoms with Crippen molar-refractivity contribution >= 4 is 35.1 Å². The van der Waals surface area contributed by atoms with Gasteiger partial charge in [-0.1, -0.05) is 11.6 Å². The van der Waals surface area contributed by atoms with Crippen LogP contribution in [0.5, 0.6) is 0 Å². The number of carbonyl (C=O) groups excluding carboxylic acids is 3. The lowest BCUT2D eigenvalue weighted by atomic mass is 10.2. The Kier molecular flexibility index (Phi) is 7.12. The monoisotopic (exact) mass is 357 g/mol. The van der Waals surface area contributed by atoms with E-state index >= 15 is 0 Å². The van der Waals surface area contributed by atoms with Crippen LogP contribution in [-0.2, 0) is 14.3 Å². The van der Waals surface area contributed by atoms with Crippen molar-refractivity contribution in [1.82, 2.24) is 10.6 Å². The molecule has 0 heterocycles. The van der Waals surface area contributed by atoms with Crippen LogP contribution in [0, 0.1) is 10.1 Å². The predicted molar refractivity (Wildman–Crippen MR) is 84.7 cm³/mol. The molecule has 2 N–H and O–H groups in total. The number of hydrogen-bond acceptors (Lipinski definition) is 6. The number of amides is 2. The average molecular weight is 358 g/mol. The molecule has 1 aromatic rings. The first-order chi connectivity index (χ1) is 11.3. The fraction of sp³-hybridized carbons (Fsp3) is 0.357. The molecule has 0 unspecified atom stereocenters. The molecule has 0 spiro atoms. The van der Waals surface area contributed by atoms with Crippen molar-refractivity contribution in [3.63, 3.8) is 0 Å². The zero-order valence-corrected chi connectivity index (χ0v) is 13.8. The second kappa shape index (κ2) is 8.82. The molecule has 1 rings (SSSR count). The van der Waals surface area contributed by atoms with Gasteiger partial charge in [-0.3, -0.25) is 19.7 Å². The zero-order chi connectivity index (χ0) is 18.3. The number of esters is 1. The molecular formula is C14H16ClN3O6. The van der Waals surface area contributed by atoms with E-state index in [2.05, 4.69) is 10.6 Å². The number of non-ortho nitro benzene ring substituents is 1. The fourth-order valence-corrected chi connectivity index (χ4v) is 1.92. The van der Waals surface area contributed by atoms with Crippen molar-refractivity contribution in [1.29, 1.82) is 0 Å². The van der Waals surface area contributed by atoms with E-state index in [1.165, 1.54) is 6.92 Å². The number of likely N-dealkylation sites (N-methyl/N-ethyl adjacent to an activating group) is 1. The summed E-state index contributed by atoms with van der Waals surface area (Å²) in [4.78, 5) is 44.9. The summed E-state index contributed by atoms with van der Waals surface area (Å²) in [7, 11) is 0. The molecular weight excluding hydrogens is 342 g/mol. The number of halogens is 1. The Labute approximate surface area is 142 Å². The largest absolute Gasteiger partial charge is 0.452 e. The molecule has 9 nitrogen and oxygen atoms in total. The van der Waals surface area contributed by atoms with Crippen LogP contribution in [0.3, 0.4) is 0 Å². The maximum Gasteiger partial charge on any atom is 0.340 e. The SMILES string of the molecule is CCNC(=O)[C@@H](C)NC(=O)COC(=O)c1ccc([N+](=O)[O-])cc1Cl. The van der Waals surface area contributed by atoms with Crippen LogP contribution in [0.15, 0.2) is 18.2 Å². The van der Waals surface area contributed by atoms with Crippen LogP contribution in [0.2, 0.25) is 5.02 Å². The van der Waals surface area contributed by atoms with Gasteiger partial charge in [0.05, 0.1) is 15.5 Å². The third-order valence-electron chi connectivity index (χ3n) is 2.84. The fourth-order valence-electron chi connectivity index (χ4n) is 1.67. The second-order valence-corrected chi connectivity index (χ2v) is 5.09. The van der Waals surface area contributed by atoms with Crippen LogP contribution >= 0.6 is 11.6 Å². The molecule has 24 heavy (non-hydrogen) atoms. The maximum atomic E-state index is 11.8. The van der Waals surface area contributed by atoms with Gasteiger partial charge in [0.25, 0.3) is 11.6 Å². The highest BCUT2D eigenvalue weighted by molar-refractivity contribution is 6.33. The van der Waals surface area contributed by atoms with Crippen LogP contribution in [0.25, 0.3) is 0 Å². The summed E-state index contributed by atoms with van der Waals surface area (Å²) >= 11 is 5.79. The van der Waals surface area contributed by atoms with Crippen molar-refractivity contribution in [3.05, 3.63) is 38.9 Å². The van der Waals surface area contributed by atoms with Crippen LogP contribution in [0.4, 0.5) is 5.69 Å². The normalized spacial score (nSPS) is 11.3. The van der Waals surface area contributed by atoms with Gasteiger partial charge in [0.2, 0.25) is 5.91 Å². The number of nitrogens with one attached hydrogen (secondary N) is 2. The molecule has 0 fully saturated rings. The van der Waals surface area contributed by atoms with E-state index in [0.29, 0.717) is 6.54 Å². The standard InChI is InChI=1S/C14H16ClN3O6/c1-3-16-13(20)8(2)17-12(19)7-24-14(21)10-5-4-9(18(22)23)6-11(10)15/h4-6,8H,3,7H2,1-2H3,(H,16,20)(H,17,19)/t8-/m1/s1. The van der Waals surface area contributed by atoms with E-state index in [4.69, 9.17) is 16.3 Å². The quantitative estimate of drug-likeness (QED) is 0.426. The third-order valence-corrected chi connectivity index (χ3v) is 3.15. The van der Waals surface area contributed by atoms with Gasteiger partial charge < -0.3 is 15.4 Å². The van der Waals surface area contributed by atoms with E-state index in [1.54, 1.807) is 6.92 Å². The summed E-state index contributed by atoms with van der Waals surface area (Å²) in [5.41, 5.74) is -0.378. The van der Waals surface area contributed by atoms with Crippen LogP contribution in [0.1, 0.15) is 24.2 Å². The molecule has 0 saturated carbocycles.